The third kappa shape index (κ3) is 9.78. The molecule has 4 rings (SSSR count). The fourth-order valence-electron chi connectivity index (χ4n) is 5.26. The molecular formula is C31H40F4N6O5S. The average Bonchev–Trinajstić information content (AvgIpc) is 2.96. The molecule has 0 bridgehead atoms. The van der Waals surface area contributed by atoms with E-state index in [1.165, 1.54) is 16.7 Å². The smallest absolute Gasteiger partial charge is 0.407 e. The molecule has 11 nitrogen and oxygen atoms in total. The summed E-state index contributed by atoms with van der Waals surface area (Å²) >= 11 is 0. The predicted molar refractivity (Wildman–Crippen MR) is 171 cm³/mol. The molecule has 0 aliphatic heterocycles. The summed E-state index contributed by atoms with van der Waals surface area (Å²) in [5.41, 5.74) is -0.940. The van der Waals surface area contributed by atoms with Gasteiger partial charge in [0, 0.05) is 35.3 Å². The number of anilines is 2. The van der Waals surface area contributed by atoms with E-state index in [0.717, 1.165) is 37.8 Å². The molecule has 0 unspecified atom stereocenters. The van der Waals surface area contributed by atoms with Gasteiger partial charge in [0.1, 0.15) is 17.1 Å². The molecule has 1 atom stereocenters. The van der Waals surface area contributed by atoms with E-state index in [1.807, 2.05) is 18.6 Å². The zero-order valence-electron chi connectivity index (χ0n) is 26.9. The van der Waals surface area contributed by atoms with Crippen molar-refractivity contribution in [3.8, 4) is 11.1 Å². The Morgan fingerprint density at radius 1 is 1.11 bits per heavy atom. The normalized spacial score (nSPS) is 18.1. The van der Waals surface area contributed by atoms with Gasteiger partial charge in [0.2, 0.25) is 16.0 Å². The molecule has 258 valence electrons. The summed E-state index contributed by atoms with van der Waals surface area (Å²) in [7, 11) is -4.47. The Balaban J connectivity index is 1.54. The summed E-state index contributed by atoms with van der Waals surface area (Å²) in [4.78, 5) is 35.1. The van der Waals surface area contributed by atoms with Crippen LogP contribution in [0.15, 0.2) is 35.3 Å². The van der Waals surface area contributed by atoms with Crippen LogP contribution in [-0.4, -0.2) is 58.7 Å². The number of rotatable bonds is 10. The SMILES string of the molecule is CC[C@H](C)n1c(=O)c(-c2ccc(NS(=O)(=O)CCC(F)(F)F)c(F)c2)cc2cnc(NC3CCC(NC(=O)OC(C)(C)C)CC3)nc21. The zero-order chi connectivity index (χ0) is 34.7. The molecular weight excluding hydrogens is 644 g/mol. The number of benzene rings is 1. The summed E-state index contributed by atoms with van der Waals surface area (Å²) in [6.07, 6.45) is -1.62. The number of hydrogen-bond acceptors (Lipinski definition) is 8. The van der Waals surface area contributed by atoms with Crippen LogP contribution in [0.2, 0.25) is 0 Å². The van der Waals surface area contributed by atoms with E-state index in [0.29, 0.717) is 23.4 Å². The van der Waals surface area contributed by atoms with Crippen molar-refractivity contribution in [3.63, 3.8) is 0 Å². The Hall–Kier alpha value is -3.95. The van der Waals surface area contributed by atoms with Crippen LogP contribution in [0, 0.1) is 5.82 Å². The topological polar surface area (TPSA) is 144 Å². The van der Waals surface area contributed by atoms with Gasteiger partial charge in [-0.1, -0.05) is 13.0 Å². The fourth-order valence-corrected chi connectivity index (χ4v) is 6.36. The highest BCUT2D eigenvalue weighted by Gasteiger charge is 2.30. The summed E-state index contributed by atoms with van der Waals surface area (Å²) in [5, 5.41) is 6.75. The van der Waals surface area contributed by atoms with E-state index in [4.69, 9.17) is 4.74 Å². The summed E-state index contributed by atoms with van der Waals surface area (Å²) in [6.45, 7) is 9.17. The van der Waals surface area contributed by atoms with Crippen molar-refractivity contribution in [2.45, 2.75) is 103 Å². The maximum absolute atomic E-state index is 15.0. The Kier molecular flexibility index (Phi) is 10.7. The minimum Gasteiger partial charge on any atom is -0.444 e. The maximum atomic E-state index is 15.0. The monoisotopic (exact) mass is 684 g/mol. The van der Waals surface area contributed by atoms with Crippen LogP contribution in [0.1, 0.15) is 79.2 Å². The van der Waals surface area contributed by atoms with E-state index in [2.05, 4.69) is 20.6 Å². The lowest BCUT2D eigenvalue weighted by Gasteiger charge is -2.30. The highest BCUT2D eigenvalue weighted by atomic mass is 32.2. The van der Waals surface area contributed by atoms with Crippen LogP contribution in [0.25, 0.3) is 22.2 Å². The lowest BCUT2D eigenvalue weighted by molar-refractivity contribution is -0.129. The first-order valence-electron chi connectivity index (χ1n) is 15.4. The molecule has 1 fully saturated rings. The molecule has 3 N–H and O–H groups in total. The van der Waals surface area contributed by atoms with Crippen LogP contribution in [0.3, 0.4) is 0 Å². The van der Waals surface area contributed by atoms with Gasteiger partial charge in [-0.05, 0) is 83.6 Å². The molecule has 2 aromatic heterocycles. The van der Waals surface area contributed by atoms with Crippen molar-refractivity contribution in [3.05, 3.63) is 46.6 Å². The van der Waals surface area contributed by atoms with Crippen LogP contribution in [0.4, 0.5) is 34.0 Å². The number of hydrogen-bond donors (Lipinski definition) is 3. The van der Waals surface area contributed by atoms with Crippen LogP contribution >= 0.6 is 0 Å². The average molecular weight is 685 g/mol. The molecule has 0 saturated heterocycles. The number of fused-ring (bicyclic) bond motifs is 1. The Morgan fingerprint density at radius 2 is 1.77 bits per heavy atom. The number of halogens is 4. The number of carbonyl (C=O) groups is 1. The quantitative estimate of drug-likeness (QED) is 0.205. The second kappa shape index (κ2) is 14.0. The van der Waals surface area contributed by atoms with Gasteiger partial charge < -0.3 is 15.4 Å². The van der Waals surface area contributed by atoms with E-state index in [9.17, 15) is 31.2 Å². The second-order valence-corrected chi connectivity index (χ2v) is 14.6. The van der Waals surface area contributed by atoms with Crippen molar-refractivity contribution in [1.29, 1.82) is 0 Å². The second-order valence-electron chi connectivity index (χ2n) is 12.8. The molecule has 1 aromatic carbocycles. The molecule has 3 aromatic rings. The first kappa shape index (κ1) is 35.9. The molecule has 2 heterocycles. The van der Waals surface area contributed by atoms with E-state index in [1.54, 1.807) is 27.0 Å². The highest BCUT2D eigenvalue weighted by Crippen LogP contribution is 2.29. The highest BCUT2D eigenvalue weighted by molar-refractivity contribution is 7.92. The van der Waals surface area contributed by atoms with Gasteiger partial charge in [-0.2, -0.15) is 18.2 Å². The minimum absolute atomic E-state index is 0.0112. The fraction of sp³-hybridized carbons (Fsp3) is 0.548. The van der Waals surface area contributed by atoms with Crippen LogP contribution in [-0.2, 0) is 14.8 Å². The number of nitrogens with zero attached hydrogens (tertiary/aromatic N) is 3. The maximum Gasteiger partial charge on any atom is 0.407 e. The largest absolute Gasteiger partial charge is 0.444 e. The van der Waals surface area contributed by atoms with Gasteiger partial charge in [0.15, 0.2) is 0 Å². The molecule has 0 radical (unpaired) electrons. The van der Waals surface area contributed by atoms with Gasteiger partial charge >= 0.3 is 12.3 Å². The van der Waals surface area contributed by atoms with E-state index < -0.39 is 57.1 Å². The van der Waals surface area contributed by atoms with Crippen molar-refractivity contribution in [1.82, 2.24) is 19.9 Å². The number of aromatic nitrogens is 3. The Labute approximate surface area is 270 Å². The predicted octanol–water partition coefficient (Wildman–Crippen LogP) is 6.51. The Morgan fingerprint density at radius 3 is 2.36 bits per heavy atom. The molecule has 0 spiro atoms. The number of ether oxygens (including phenoxy) is 1. The van der Waals surface area contributed by atoms with Crippen molar-refractivity contribution >= 4 is 38.8 Å². The van der Waals surface area contributed by atoms with Gasteiger partial charge in [0.05, 0.1) is 17.9 Å². The Bertz CT molecular complexity index is 1770. The van der Waals surface area contributed by atoms with Gasteiger partial charge in [0.25, 0.3) is 5.56 Å². The van der Waals surface area contributed by atoms with Crippen molar-refractivity contribution < 1.29 is 35.5 Å². The van der Waals surface area contributed by atoms with Gasteiger partial charge in [-0.25, -0.2) is 22.6 Å². The molecule has 1 saturated carbocycles. The summed E-state index contributed by atoms with van der Waals surface area (Å²) < 4.78 is 85.4. The number of alkyl halides is 3. The van der Waals surface area contributed by atoms with Crippen molar-refractivity contribution in [2.24, 2.45) is 0 Å². The standard InChI is InChI=1S/C31H40F4N6O5S/c1-6-18(2)41-26-20(17-36-28(39-26)37-21-8-10-22(11-9-21)38-29(43)46-30(3,4)5)15-23(27(41)42)19-7-12-25(24(32)16-19)40-47(44,45)14-13-31(33,34)35/h7,12,15-18,21-22,40H,6,8-11,13-14H2,1-5H3,(H,38,43)(H,36,37,39)/t18-,21?,22?/m0/s1. The number of amides is 1. The van der Waals surface area contributed by atoms with Crippen LogP contribution < -0.4 is 20.9 Å². The number of carbonyl (C=O) groups excluding carboxylic acids is 1. The first-order valence-corrected chi connectivity index (χ1v) is 17.0. The third-order valence-electron chi connectivity index (χ3n) is 7.79. The van der Waals surface area contributed by atoms with Gasteiger partial charge in [-0.15, -0.1) is 0 Å². The zero-order valence-corrected chi connectivity index (χ0v) is 27.7. The van der Waals surface area contributed by atoms with E-state index in [-0.39, 0.29) is 29.3 Å². The molecule has 16 heteroatoms. The molecule has 1 amide bonds. The first-order chi connectivity index (χ1) is 21.8. The summed E-state index contributed by atoms with van der Waals surface area (Å²) in [5.74, 6) is -1.98. The van der Waals surface area contributed by atoms with Gasteiger partial charge in [-0.3, -0.25) is 14.1 Å². The molecule has 1 aliphatic rings. The number of alkyl carbamates (subject to hydrolysis) is 1. The lowest BCUT2D eigenvalue weighted by Crippen LogP contribution is -2.42. The minimum atomic E-state index is -4.69. The molecule has 47 heavy (non-hydrogen) atoms. The lowest BCUT2D eigenvalue weighted by atomic mass is 9.91. The van der Waals surface area contributed by atoms with E-state index >= 15 is 4.39 Å². The number of nitrogens with one attached hydrogen (secondary N) is 3. The number of pyridine rings is 1. The van der Waals surface area contributed by atoms with Crippen molar-refractivity contribution in [2.75, 3.05) is 15.8 Å². The molecule has 1 aliphatic carbocycles. The third-order valence-corrected chi connectivity index (χ3v) is 9.06. The van der Waals surface area contributed by atoms with Crippen LogP contribution in [0.5, 0.6) is 0 Å². The summed E-state index contributed by atoms with van der Waals surface area (Å²) in [6, 6.07) is 4.59. The number of sulfonamides is 1.